The van der Waals surface area contributed by atoms with Crippen LogP contribution in [0.25, 0.3) is 0 Å². The molecule has 1 N–H and O–H groups in total. The summed E-state index contributed by atoms with van der Waals surface area (Å²) >= 11 is 0. The van der Waals surface area contributed by atoms with Gasteiger partial charge in [-0.05, 0) is 31.2 Å². The summed E-state index contributed by atoms with van der Waals surface area (Å²) in [6, 6.07) is 21.8. The Morgan fingerprint density at radius 3 is 2.23 bits per heavy atom. The summed E-state index contributed by atoms with van der Waals surface area (Å²) in [6.45, 7) is 10.9. The molecule has 1 aliphatic heterocycles. The Balaban J connectivity index is 0.000000258. The van der Waals surface area contributed by atoms with Gasteiger partial charge in [0.1, 0.15) is 0 Å². The first-order chi connectivity index (χ1) is 12.2. The van der Waals surface area contributed by atoms with Gasteiger partial charge in [-0.15, -0.1) is 0 Å². The number of nitrogens with one attached hydrogen (secondary N) is 1. The number of fused-ring (bicyclic) bond motifs is 1. The van der Waals surface area contributed by atoms with Gasteiger partial charge in [0.25, 0.3) is 0 Å². The van der Waals surface area contributed by atoms with Crippen molar-refractivity contribution in [3.05, 3.63) is 96.8 Å². The smallest absolute Gasteiger partial charge is 0.545 e. The second-order valence-electron chi connectivity index (χ2n) is 6.90. The fourth-order valence-corrected chi connectivity index (χ4v) is 3.46. The van der Waals surface area contributed by atoms with Crippen molar-refractivity contribution in [3.8, 4) is 0 Å². The van der Waals surface area contributed by atoms with E-state index in [2.05, 4.69) is 72.9 Å². The largest absolute Gasteiger partial charge is 1.00 e. The van der Waals surface area contributed by atoms with E-state index >= 15 is 0 Å². The van der Waals surface area contributed by atoms with E-state index in [0.29, 0.717) is 12.1 Å². The van der Waals surface area contributed by atoms with Crippen molar-refractivity contribution >= 4 is 0 Å². The van der Waals surface area contributed by atoms with Crippen molar-refractivity contribution in [1.29, 1.82) is 0 Å². The zero-order valence-electron chi connectivity index (χ0n) is 16.0. The van der Waals surface area contributed by atoms with Gasteiger partial charge in [-0.25, -0.2) is 0 Å². The van der Waals surface area contributed by atoms with Crippen LogP contribution in [-0.2, 0) is 6.54 Å². The van der Waals surface area contributed by atoms with Crippen LogP contribution in [0.15, 0.2) is 79.5 Å². The van der Waals surface area contributed by atoms with Crippen molar-refractivity contribution in [2.45, 2.75) is 38.4 Å². The average Bonchev–Trinajstić information content (AvgIpc) is 3.32. The third kappa shape index (κ3) is 5.51. The number of hydrogen-bond acceptors (Lipinski definition) is 2. The number of benzene rings is 2. The monoisotopic (exact) mass is 354 g/mol. The Morgan fingerprint density at radius 1 is 1.08 bits per heavy atom. The van der Waals surface area contributed by atoms with Gasteiger partial charge in [0, 0.05) is 24.3 Å². The molecule has 0 radical (unpaired) electrons. The van der Waals surface area contributed by atoms with Gasteiger partial charge in [0.2, 0.25) is 0 Å². The molecule has 0 amide bonds. The Kier molecular flexibility index (Phi) is 8.02. The number of piperidine rings is 1. The van der Waals surface area contributed by atoms with Crippen LogP contribution >= 0.6 is 0 Å². The first kappa shape index (κ1) is 20.8. The van der Waals surface area contributed by atoms with Crippen LogP contribution in [0.4, 0.5) is 0 Å². The predicted octanol–water partition coefficient (Wildman–Crippen LogP) is 1.70. The van der Waals surface area contributed by atoms with Crippen molar-refractivity contribution in [1.82, 2.24) is 10.2 Å². The van der Waals surface area contributed by atoms with E-state index < -0.39 is 0 Å². The van der Waals surface area contributed by atoms with Crippen LogP contribution in [0.1, 0.15) is 24.0 Å². The molecule has 2 aromatic carbocycles. The van der Waals surface area contributed by atoms with Crippen molar-refractivity contribution in [3.63, 3.8) is 0 Å². The third-order valence-corrected chi connectivity index (χ3v) is 4.99. The van der Waals surface area contributed by atoms with E-state index in [4.69, 9.17) is 0 Å². The standard InChI is InChI=1S/C16H19N2.C7H8.Na/c1-3-18-15(9-14-10-16(14)18)12(2)17-11-13-7-5-4-6-8-13;1-7-5-3-2-4-6-7;/h4-8,14-17H,1-2,9-11H2;2-6H,1H3;/q-1;;+1. The van der Waals surface area contributed by atoms with E-state index in [1.165, 1.54) is 24.0 Å². The summed E-state index contributed by atoms with van der Waals surface area (Å²) in [5, 5.41) is 3.44. The summed E-state index contributed by atoms with van der Waals surface area (Å²) in [6.07, 6.45) is 5.58. The zero-order chi connectivity index (χ0) is 17.6. The molecule has 2 nitrogen and oxygen atoms in total. The van der Waals surface area contributed by atoms with Crippen molar-refractivity contribution < 1.29 is 29.6 Å². The quantitative estimate of drug-likeness (QED) is 0.649. The fourth-order valence-electron chi connectivity index (χ4n) is 3.46. The molecule has 4 rings (SSSR count). The maximum absolute atomic E-state index is 4.18. The summed E-state index contributed by atoms with van der Waals surface area (Å²) in [5.74, 6) is 0.847. The van der Waals surface area contributed by atoms with E-state index in [1.54, 1.807) is 0 Å². The Bertz CT molecular complexity index is 699. The fraction of sp³-hybridized carbons (Fsp3) is 0.304. The summed E-state index contributed by atoms with van der Waals surface area (Å²) in [4.78, 5) is 2.25. The van der Waals surface area contributed by atoms with Gasteiger partial charge >= 0.3 is 29.6 Å². The van der Waals surface area contributed by atoms with Gasteiger partial charge in [-0.2, -0.15) is 0 Å². The minimum atomic E-state index is 0. The third-order valence-electron chi connectivity index (χ3n) is 4.99. The van der Waals surface area contributed by atoms with Crippen molar-refractivity contribution in [2.75, 3.05) is 0 Å². The maximum atomic E-state index is 4.18. The second-order valence-corrected chi connectivity index (χ2v) is 6.90. The molecule has 0 spiro atoms. The van der Waals surface area contributed by atoms with Gasteiger partial charge in [0.05, 0.1) is 0 Å². The average molecular weight is 354 g/mol. The Morgan fingerprint density at radius 2 is 1.69 bits per heavy atom. The molecule has 2 aliphatic rings. The number of aryl methyl sites for hydroxylation is 1. The summed E-state index contributed by atoms with van der Waals surface area (Å²) in [7, 11) is 0. The molecule has 130 valence electrons. The molecular formula is C23H27N2Na. The molecule has 3 heteroatoms. The molecule has 1 saturated carbocycles. The van der Waals surface area contributed by atoms with Crippen LogP contribution in [0.5, 0.6) is 0 Å². The molecular weight excluding hydrogens is 327 g/mol. The van der Waals surface area contributed by atoms with Crippen LogP contribution in [0, 0.1) is 19.0 Å². The molecule has 26 heavy (non-hydrogen) atoms. The molecule has 1 saturated heterocycles. The predicted molar refractivity (Wildman–Crippen MR) is 105 cm³/mol. The molecule has 1 aliphatic carbocycles. The molecule has 2 aromatic rings. The summed E-state index contributed by atoms with van der Waals surface area (Å²) in [5.41, 5.74) is 3.71. The number of rotatable bonds is 5. The molecule has 3 unspecified atom stereocenters. The minimum absolute atomic E-state index is 0. The SMILES string of the molecule is C=[C-]N1C(C(=C)NCc2ccccc2)CC2CC21.Cc1ccccc1.[Na+]. The van der Waals surface area contributed by atoms with Gasteiger partial charge in [-0.3, -0.25) is 6.58 Å². The van der Waals surface area contributed by atoms with E-state index in [-0.39, 0.29) is 29.6 Å². The first-order valence-electron chi connectivity index (χ1n) is 8.98. The molecule has 2 fully saturated rings. The molecule has 0 bridgehead atoms. The Labute approximate surface area is 180 Å². The Hall–Kier alpha value is -1.48. The van der Waals surface area contributed by atoms with Gasteiger partial charge < -0.3 is 16.4 Å². The second kappa shape index (κ2) is 10.0. The van der Waals surface area contributed by atoms with E-state index in [0.717, 1.165) is 18.2 Å². The van der Waals surface area contributed by atoms with E-state index in [1.807, 2.05) is 24.3 Å². The van der Waals surface area contributed by atoms with Crippen LogP contribution in [-0.4, -0.2) is 17.0 Å². The summed E-state index contributed by atoms with van der Waals surface area (Å²) < 4.78 is 0. The minimum Gasteiger partial charge on any atom is -0.545 e. The molecule has 3 atom stereocenters. The number of nitrogens with zero attached hydrogens (tertiary/aromatic N) is 1. The molecule has 0 aromatic heterocycles. The number of hydrogen-bond donors (Lipinski definition) is 1. The van der Waals surface area contributed by atoms with Gasteiger partial charge in [-0.1, -0.05) is 72.8 Å². The van der Waals surface area contributed by atoms with Crippen LogP contribution in [0.2, 0.25) is 0 Å². The van der Waals surface area contributed by atoms with Gasteiger partial charge in [0.15, 0.2) is 0 Å². The van der Waals surface area contributed by atoms with Crippen molar-refractivity contribution in [2.24, 2.45) is 5.92 Å². The maximum Gasteiger partial charge on any atom is 1.00 e. The normalized spacial score (nSPS) is 22.2. The number of likely N-dealkylation sites (tertiary alicyclic amines) is 1. The van der Waals surface area contributed by atoms with Crippen LogP contribution in [0.3, 0.4) is 0 Å². The van der Waals surface area contributed by atoms with E-state index in [9.17, 15) is 0 Å². The first-order valence-corrected chi connectivity index (χ1v) is 8.98. The zero-order valence-corrected chi connectivity index (χ0v) is 18.0. The molecule has 1 heterocycles. The topological polar surface area (TPSA) is 15.3 Å². The van der Waals surface area contributed by atoms with Crippen LogP contribution < -0.4 is 34.9 Å².